The van der Waals surface area contributed by atoms with E-state index in [2.05, 4.69) is 16.2 Å². The lowest BCUT2D eigenvalue weighted by Crippen LogP contribution is -2.15. The fourth-order valence-corrected chi connectivity index (χ4v) is 1.50. The second kappa shape index (κ2) is 8.71. The fourth-order valence-electron chi connectivity index (χ4n) is 1.09. The molecule has 0 spiro atoms. The van der Waals surface area contributed by atoms with Crippen molar-refractivity contribution in [1.82, 2.24) is 0 Å². The molecule has 0 saturated carbocycles. The van der Waals surface area contributed by atoms with Crippen molar-refractivity contribution in [3.05, 3.63) is 35.4 Å². The Morgan fingerprint density at radius 2 is 1.82 bits per heavy atom. The highest BCUT2D eigenvalue weighted by Gasteiger charge is 2.11. The van der Waals surface area contributed by atoms with Gasteiger partial charge in [-0.3, -0.25) is 4.79 Å². The maximum atomic E-state index is 10.7. The molecular formula is C12H18NO3P. The number of rotatable bonds is 4. The Bertz CT molecular complexity index is 345. The monoisotopic (exact) mass is 255 g/mol. The summed E-state index contributed by atoms with van der Waals surface area (Å²) in [5.41, 5.74) is 4.92. The number of aromatic carboxylic acids is 1. The van der Waals surface area contributed by atoms with Crippen LogP contribution in [-0.2, 0) is 0 Å². The first-order valence-corrected chi connectivity index (χ1v) is 6.18. The first-order chi connectivity index (χ1) is 8.04. The number of amides is 1. The molecule has 0 bridgehead atoms. The van der Waals surface area contributed by atoms with Crippen LogP contribution in [0.1, 0.15) is 40.5 Å². The van der Waals surface area contributed by atoms with E-state index in [0.29, 0.717) is 0 Å². The van der Waals surface area contributed by atoms with E-state index in [0.717, 1.165) is 0 Å². The summed E-state index contributed by atoms with van der Waals surface area (Å²) < 4.78 is 0. The SMILES string of the molecule is CCCCP.NC(=O)c1ccccc1C(=O)O. The zero-order valence-electron chi connectivity index (χ0n) is 9.85. The lowest BCUT2D eigenvalue weighted by molar-refractivity contribution is 0.0692. The molecule has 1 aromatic carbocycles. The van der Waals surface area contributed by atoms with Crippen LogP contribution in [0.25, 0.3) is 0 Å². The van der Waals surface area contributed by atoms with Crippen LogP contribution in [-0.4, -0.2) is 23.1 Å². The molecule has 0 radical (unpaired) electrons. The van der Waals surface area contributed by atoms with Gasteiger partial charge in [0, 0.05) is 0 Å². The van der Waals surface area contributed by atoms with Gasteiger partial charge in [-0.25, -0.2) is 4.79 Å². The van der Waals surface area contributed by atoms with Gasteiger partial charge in [0.15, 0.2) is 0 Å². The van der Waals surface area contributed by atoms with Crippen molar-refractivity contribution in [1.29, 1.82) is 0 Å². The molecule has 0 aliphatic carbocycles. The van der Waals surface area contributed by atoms with Gasteiger partial charge in [-0.1, -0.05) is 31.9 Å². The van der Waals surface area contributed by atoms with E-state index < -0.39 is 11.9 Å². The Morgan fingerprint density at radius 3 is 2.06 bits per heavy atom. The number of carboxylic acid groups (broad SMARTS) is 1. The van der Waals surface area contributed by atoms with E-state index in [1.54, 1.807) is 6.07 Å². The summed E-state index contributed by atoms with van der Waals surface area (Å²) in [5.74, 6) is -1.88. The predicted molar refractivity (Wildman–Crippen MR) is 71.4 cm³/mol. The third-order valence-corrected chi connectivity index (χ3v) is 2.39. The molecule has 94 valence electrons. The summed E-state index contributed by atoms with van der Waals surface area (Å²) in [6.07, 6.45) is 3.94. The number of carbonyl (C=O) groups excluding carboxylic acids is 1. The van der Waals surface area contributed by atoms with E-state index in [1.807, 2.05) is 0 Å². The molecule has 1 aromatic rings. The van der Waals surface area contributed by atoms with E-state index >= 15 is 0 Å². The zero-order chi connectivity index (χ0) is 13.3. The molecule has 0 aliphatic rings. The van der Waals surface area contributed by atoms with Crippen LogP contribution in [0.5, 0.6) is 0 Å². The van der Waals surface area contributed by atoms with Gasteiger partial charge in [-0.2, -0.15) is 0 Å². The molecule has 1 rings (SSSR count). The Morgan fingerprint density at radius 1 is 1.29 bits per heavy atom. The normalized spacial score (nSPS) is 9.06. The van der Waals surface area contributed by atoms with Gasteiger partial charge in [0.2, 0.25) is 5.91 Å². The molecule has 0 aromatic heterocycles. The van der Waals surface area contributed by atoms with E-state index in [-0.39, 0.29) is 11.1 Å². The van der Waals surface area contributed by atoms with Gasteiger partial charge < -0.3 is 10.8 Å². The molecule has 0 fully saturated rings. The minimum atomic E-state index is -1.15. The first kappa shape index (κ1) is 15.6. The summed E-state index contributed by atoms with van der Waals surface area (Å²) in [4.78, 5) is 21.2. The van der Waals surface area contributed by atoms with Crippen molar-refractivity contribution < 1.29 is 14.7 Å². The number of unbranched alkanes of at least 4 members (excludes halogenated alkanes) is 1. The van der Waals surface area contributed by atoms with Crippen LogP contribution >= 0.6 is 9.24 Å². The van der Waals surface area contributed by atoms with Crippen molar-refractivity contribution >= 4 is 21.1 Å². The molecule has 1 atom stereocenters. The fraction of sp³-hybridized carbons (Fsp3) is 0.333. The molecule has 0 aliphatic heterocycles. The molecule has 3 N–H and O–H groups in total. The average molecular weight is 255 g/mol. The van der Waals surface area contributed by atoms with Crippen LogP contribution in [0.2, 0.25) is 0 Å². The van der Waals surface area contributed by atoms with Crippen molar-refractivity contribution in [2.45, 2.75) is 19.8 Å². The van der Waals surface area contributed by atoms with Gasteiger partial charge in [0.25, 0.3) is 0 Å². The Labute approximate surface area is 103 Å². The van der Waals surface area contributed by atoms with Crippen molar-refractivity contribution in [3.63, 3.8) is 0 Å². The standard InChI is InChI=1S/C8H7NO3.C4H11P/c9-7(10)5-3-1-2-4-6(5)8(11)12;1-2-3-4-5/h1-4H,(H2,9,10)(H,11,12);2-5H2,1H3. The Balaban J connectivity index is 0.000000437. The van der Waals surface area contributed by atoms with Crippen LogP contribution in [0.3, 0.4) is 0 Å². The molecule has 1 amide bonds. The number of carbonyl (C=O) groups is 2. The summed E-state index contributed by atoms with van der Waals surface area (Å²) in [5, 5.41) is 8.61. The maximum absolute atomic E-state index is 10.7. The number of benzene rings is 1. The summed E-state index contributed by atoms with van der Waals surface area (Å²) >= 11 is 0. The Hall–Kier alpha value is -1.41. The lowest BCUT2D eigenvalue weighted by atomic mass is 10.1. The lowest BCUT2D eigenvalue weighted by Gasteiger charge is -1.99. The molecule has 1 unspecified atom stereocenters. The van der Waals surface area contributed by atoms with E-state index in [4.69, 9.17) is 10.8 Å². The number of hydrogen-bond acceptors (Lipinski definition) is 2. The summed E-state index contributed by atoms with van der Waals surface area (Å²) in [6.45, 7) is 2.20. The smallest absolute Gasteiger partial charge is 0.336 e. The second-order valence-electron chi connectivity index (χ2n) is 3.36. The molecule has 0 saturated heterocycles. The number of carboxylic acids is 1. The zero-order valence-corrected chi connectivity index (χ0v) is 11.0. The minimum absolute atomic E-state index is 0.0324. The third kappa shape index (κ3) is 6.03. The maximum Gasteiger partial charge on any atom is 0.336 e. The largest absolute Gasteiger partial charge is 0.478 e. The number of hydrogen-bond donors (Lipinski definition) is 2. The average Bonchev–Trinajstić information content (AvgIpc) is 2.30. The van der Waals surface area contributed by atoms with Crippen LogP contribution < -0.4 is 5.73 Å². The van der Waals surface area contributed by atoms with E-state index in [1.165, 1.54) is 37.2 Å². The minimum Gasteiger partial charge on any atom is -0.478 e. The van der Waals surface area contributed by atoms with Crippen molar-refractivity contribution in [2.24, 2.45) is 5.73 Å². The van der Waals surface area contributed by atoms with Gasteiger partial charge in [0.1, 0.15) is 0 Å². The second-order valence-corrected chi connectivity index (χ2v) is 3.93. The highest BCUT2D eigenvalue weighted by Crippen LogP contribution is 2.06. The molecule has 0 heterocycles. The summed E-state index contributed by atoms with van der Waals surface area (Å²) in [6, 6.07) is 5.82. The highest BCUT2D eigenvalue weighted by atomic mass is 31.0. The number of primary amides is 1. The first-order valence-electron chi connectivity index (χ1n) is 5.36. The highest BCUT2D eigenvalue weighted by molar-refractivity contribution is 7.16. The predicted octanol–water partition coefficient (Wildman–Crippen LogP) is 2.15. The number of nitrogens with two attached hydrogens (primary N) is 1. The van der Waals surface area contributed by atoms with E-state index in [9.17, 15) is 9.59 Å². The van der Waals surface area contributed by atoms with Gasteiger partial charge in [-0.15, -0.1) is 9.24 Å². The van der Waals surface area contributed by atoms with Gasteiger partial charge in [0.05, 0.1) is 11.1 Å². The van der Waals surface area contributed by atoms with Gasteiger partial charge >= 0.3 is 5.97 Å². The van der Waals surface area contributed by atoms with Crippen LogP contribution in [0.4, 0.5) is 0 Å². The quantitative estimate of drug-likeness (QED) is 0.809. The molecular weight excluding hydrogens is 237 g/mol. The van der Waals surface area contributed by atoms with Crippen LogP contribution in [0, 0.1) is 0 Å². The Kier molecular flexibility index (Phi) is 7.99. The topological polar surface area (TPSA) is 80.4 Å². The molecule has 17 heavy (non-hydrogen) atoms. The van der Waals surface area contributed by atoms with Crippen molar-refractivity contribution in [2.75, 3.05) is 6.16 Å². The van der Waals surface area contributed by atoms with Crippen LogP contribution in [0.15, 0.2) is 24.3 Å². The van der Waals surface area contributed by atoms with Gasteiger partial charge in [-0.05, 0) is 18.3 Å². The molecule has 5 heteroatoms. The summed E-state index contributed by atoms with van der Waals surface area (Å²) in [7, 11) is 2.70. The molecule has 4 nitrogen and oxygen atoms in total. The van der Waals surface area contributed by atoms with Crippen molar-refractivity contribution in [3.8, 4) is 0 Å². The third-order valence-electron chi connectivity index (χ3n) is 1.98.